The van der Waals surface area contributed by atoms with Crippen molar-refractivity contribution in [2.75, 3.05) is 5.32 Å². The highest BCUT2D eigenvalue weighted by Gasteiger charge is 2.24. The van der Waals surface area contributed by atoms with Crippen LogP contribution < -0.4 is 10.6 Å². The third-order valence-corrected chi connectivity index (χ3v) is 5.66. The Bertz CT molecular complexity index is 1090. The van der Waals surface area contributed by atoms with E-state index in [0.29, 0.717) is 11.6 Å². The lowest BCUT2D eigenvalue weighted by Gasteiger charge is -2.19. The average Bonchev–Trinajstić information content (AvgIpc) is 3.39. The molecule has 2 N–H and O–H groups in total. The standard InChI is InChI=1S/C19H21N7OS/c1-4-15-23-13-6-5-12(11-14(13)28-15)22-19(27)24-16(17-20-7-9-25(17)2)18-21-8-10-26(18)3/h5-11,16H,4H2,1-3H3,(H2,22,24,27). The molecule has 3 heterocycles. The fourth-order valence-corrected chi connectivity index (χ4v) is 4.00. The molecule has 4 rings (SSSR count). The van der Waals surface area contributed by atoms with Crippen LogP contribution in [0.1, 0.15) is 29.6 Å². The van der Waals surface area contributed by atoms with Crippen LogP contribution >= 0.6 is 11.3 Å². The van der Waals surface area contributed by atoms with Gasteiger partial charge in [0.15, 0.2) is 0 Å². The fourth-order valence-electron chi connectivity index (χ4n) is 3.05. The molecular formula is C19H21N7OS. The van der Waals surface area contributed by atoms with Gasteiger partial charge in [0.2, 0.25) is 0 Å². The maximum absolute atomic E-state index is 12.7. The number of aromatic nitrogens is 5. The molecule has 4 aromatic rings. The first-order valence-electron chi connectivity index (χ1n) is 8.96. The summed E-state index contributed by atoms with van der Waals surface area (Å²) in [6, 6.07) is 4.93. The maximum Gasteiger partial charge on any atom is 0.320 e. The summed E-state index contributed by atoms with van der Waals surface area (Å²) >= 11 is 1.64. The number of nitrogens with one attached hydrogen (secondary N) is 2. The highest BCUT2D eigenvalue weighted by Crippen LogP contribution is 2.26. The van der Waals surface area contributed by atoms with Gasteiger partial charge in [-0.25, -0.2) is 19.7 Å². The van der Waals surface area contributed by atoms with Gasteiger partial charge in [0.25, 0.3) is 0 Å². The molecule has 0 radical (unpaired) electrons. The molecule has 0 spiro atoms. The van der Waals surface area contributed by atoms with Gasteiger partial charge in [-0.2, -0.15) is 0 Å². The van der Waals surface area contributed by atoms with E-state index in [1.54, 1.807) is 23.7 Å². The number of anilines is 1. The van der Waals surface area contributed by atoms with Crippen LogP contribution in [0, 0.1) is 0 Å². The van der Waals surface area contributed by atoms with Crippen molar-refractivity contribution >= 4 is 33.3 Å². The molecule has 8 nitrogen and oxygen atoms in total. The molecule has 0 unspecified atom stereocenters. The Labute approximate surface area is 166 Å². The molecule has 9 heteroatoms. The molecule has 3 aromatic heterocycles. The fraction of sp³-hybridized carbons (Fsp3) is 0.263. The van der Waals surface area contributed by atoms with Crippen molar-refractivity contribution in [1.29, 1.82) is 0 Å². The molecule has 0 atom stereocenters. The number of hydrogen-bond donors (Lipinski definition) is 2. The average molecular weight is 395 g/mol. The number of rotatable bonds is 5. The van der Waals surface area contributed by atoms with Crippen molar-refractivity contribution in [3.8, 4) is 0 Å². The number of benzene rings is 1. The molecule has 0 saturated heterocycles. The van der Waals surface area contributed by atoms with Crippen LogP contribution in [0.15, 0.2) is 43.0 Å². The maximum atomic E-state index is 12.7. The van der Waals surface area contributed by atoms with E-state index in [9.17, 15) is 4.79 Å². The zero-order valence-electron chi connectivity index (χ0n) is 15.9. The van der Waals surface area contributed by atoms with E-state index in [4.69, 9.17) is 0 Å². The van der Waals surface area contributed by atoms with Crippen molar-refractivity contribution < 1.29 is 4.79 Å². The lowest BCUT2D eigenvalue weighted by molar-refractivity contribution is 0.249. The van der Waals surface area contributed by atoms with Crippen molar-refractivity contribution in [3.05, 3.63) is 59.6 Å². The van der Waals surface area contributed by atoms with Crippen molar-refractivity contribution in [2.45, 2.75) is 19.4 Å². The lowest BCUT2D eigenvalue weighted by Crippen LogP contribution is -2.35. The van der Waals surface area contributed by atoms with Crippen molar-refractivity contribution in [1.82, 2.24) is 29.4 Å². The first-order valence-corrected chi connectivity index (χ1v) is 9.78. The zero-order valence-corrected chi connectivity index (χ0v) is 16.7. The molecule has 0 aliphatic carbocycles. The van der Waals surface area contributed by atoms with Gasteiger partial charge in [0.05, 0.1) is 15.2 Å². The summed E-state index contributed by atoms with van der Waals surface area (Å²) in [6.45, 7) is 2.08. The third kappa shape index (κ3) is 3.48. The number of imidazole rings is 2. The second-order valence-corrected chi connectivity index (χ2v) is 7.58. The van der Waals surface area contributed by atoms with E-state index in [1.165, 1.54) is 0 Å². The van der Waals surface area contributed by atoms with Gasteiger partial charge in [-0.05, 0) is 24.6 Å². The highest BCUT2D eigenvalue weighted by molar-refractivity contribution is 7.18. The topological polar surface area (TPSA) is 89.7 Å². The van der Waals surface area contributed by atoms with Crippen molar-refractivity contribution in [2.24, 2.45) is 14.1 Å². The number of carbonyl (C=O) groups excluding carboxylic acids is 1. The monoisotopic (exact) mass is 395 g/mol. The number of carbonyl (C=O) groups is 1. The summed E-state index contributed by atoms with van der Waals surface area (Å²) in [5.41, 5.74) is 1.67. The second kappa shape index (κ2) is 7.43. The molecule has 0 aliphatic rings. The summed E-state index contributed by atoms with van der Waals surface area (Å²) < 4.78 is 4.80. The van der Waals surface area contributed by atoms with Crippen LogP contribution in [-0.2, 0) is 20.5 Å². The Balaban J connectivity index is 1.56. The highest BCUT2D eigenvalue weighted by atomic mass is 32.1. The number of hydrogen-bond acceptors (Lipinski definition) is 5. The largest absolute Gasteiger partial charge is 0.336 e. The number of fused-ring (bicyclic) bond motifs is 1. The molecule has 28 heavy (non-hydrogen) atoms. The third-order valence-electron chi connectivity index (χ3n) is 4.50. The van der Waals surface area contributed by atoms with Crippen LogP contribution in [0.2, 0.25) is 0 Å². The summed E-state index contributed by atoms with van der Waals surface area (Å²) in [7, 11) is 3.78. The predicted molar refractivity (Wildman–Crippen MR) is 109 cm³/mol. The van der Waals surface area contributed by atoms with Crippen LogP contribution in [-0.4, -0.2) is 30.1 Å². The minimum absolute atomic E-state index is 0.324. The van der Waals surface area contributed by atoms with Gasteiger partial charge >= 0.3 is 6.03 Å². The SMILES string of the molecule is CCc1nc2ccc(NC(=O)NC(c3nccn3C)c3nccn3C)cc2s1. The van der Waals surface area contributed by atoms with Crippen LogP contribution in [0.25, 0.3) is 10.2 Å². The van der Waals surface area contributed by atoms with Gasteiger partial charge in [-0.15, -0.1) is 11.3 Å². The minimum Gasteiger partial charge on any atom is -0.336 e. The Morgan fingerprint density at radius 2 is 1.82 bits per heavy atom. The Morgan fingerprint density at radius 1 is 1.14 bits per heavy atom. The van der Waals surface area contributed by atoms with E-state index in [0.717, 1.165) is 27.3 Å². The van der Waals surface area contributed by atoms with Gasteiger partial charge in [0, 0.05) is 44.6 Å². The molecule has 0 bridgehead atoms. The quantitative estimate of drug-likeness (QED) is 0.543. The van der Waals surface area contributed by atoms with E-state index in [1.807, 2.05) is 53.8 Å². The minimum atomic E-state index is -0.473. The number of aryl methyl sites for hydroxylation is 3. The van der Waals surface area contributed by atoms with Crippen molar-refractivity contribution in [3.63, 3.8) is 0 Å². The van der Waals surface area contributed by atoms with Gasteiger partial charge in [0.1, 0.15) is 17.7 Å². The zero-order chi connectivity index (χ0) is 19.7. The predicted octanol–water partition coefficient (Wildman–Crippen LogP) is 3.24. The van der Waals surface area contributed by atoms with E-state index >= 15 is 0 Å². The first-order chi connectivity index (χ1) is 13.5. The summed E-state index contributed by atoms with van der Waals surface area (Å²) in [5.74, 6) is 1.41. The number of urea groups is 1. The Kier molecular flexibility index (Phi) is 4.82. The van der Waals surface area contributed by atoms with Crippen LogP contribution in [0.4, 0.5) is 10.5 Å². The summed E-state index contributed by atoms with van der Waals surface area (Å²) in [4.78, 5) is 26.1. The molecule has 1 aromatic carbocycles. The van der Waals surface area contributed by atoms with Gasteiger partial charge in [-0.3, -0.25) is 0 Å². The first kappa shape index (κ1) is 18.2. The normalized spacial score (nSPS) is 11.3. The molecule has 0 saturated carbocycles. The van der Waals surface area contributed by atoms with E-state index in [2.05, 4.69) is 32.5 Å². The number of nitrogens with zero attached hydrogens (tertiary/aromatic N) is 5. The van der Waals surface area contributed by atoms with E-state index < -0.39 is 6.04 Å². The molecule has 144 valence electrons. The Hall–Kier alpha value is -3.20. The smallest absolute Gasteiger partial charge is 0.320 e. The molecule has 0 aliphatic heterocycles. The van der Waals surface area contributed by atoms with Crippen LogP contribution in [0.3, 0.4) is 0 Å². The Morgan fingerprint density at radius 3 is 2.39 bits per heavy atom. The van der Waals surface area contributed by atoms with E-state index in [-0.39, 0.29) is 6.03 Å². The molecule has 2 amide bonds. The second-order valence-electron chi connectivity index (χ2n) is 6.47. The molecular weight excluding hydrogens is 374 g/mol. The number of thiazole rings is 1. The number of amides is 2. The molecule has 0 fully saturated rings. The lowest BCUT2D eigenvalue weighted by atomic mass is 10.2. The van der Waals surface area contributed by atoms with Gasteiger partial charge < -0.3 is 19.8 Å². The van der Waals surface area contributed by atoms with Crippen LogP contribution in [0.5, 0.6) is 0 Å². The summed E-state index contributed by atoms with van der Waals surface area (Å²) in [6.07, 6.45) is 7.99. The van der Waals surface area contributed by atoms with Gasteiger partial charge in [-0.1, -0.05) is 6.92 Å². The summed E-state index contributed by atoms with van der Waals surface area (Å²) in [5, 5.41) is 6.98.